The third kappa shape index (κ3) is 5.94. The number of hydrogen-bond donors (Lipinski definition) is 3. The highest BCUT2D eigenvalue weighted by Gasteiger charge is 2.34. The Morgan fingerprint density at radius 2 is 2.24 bits per heavy atom. The third-order valence-corrected chi connectivity index (χ3v) is 5.71. The largest absolute Gasteiger partial charge is 0.396 e. The van der Waals surface area contributed by atoms with Gasteiger partial charge in [0.15, 0.2) is 5.96 Å². The molecule has 0 spiro atoms. The number of aromatic nitrogens is 1. The molecule has 7 heteroatoms. The van der Waals surface area contributed by atoms with Crippen molar-refractivity contribution in [1.82, 2.24) is 15.6 Å². The second kappa shape index (κ2) is 8.96. The first kappa shape index (κ1) is 20.1. The first-order chi connectivity index (χ1) is 11.9. The Morgan fingerprint density at radius 1 is 1.44 bits per heavy atom. The van der Waals surface area contributed by atoms with Crippen molar-refractivity contribution in [3.63, 3.8) is 0 Å². The molecule has 3 N–H and O–H groups in total. The normalized spacial score (nSPS) is 21.6. The Hall–Kier alpha value is -1.18. The number of guanidine groups is 1. The van der Waals surface area contributed by atoms with Crippen molar-refractivity contribution >= 4 is 17.3 Å². The molecule has 0 aliphatic carbocycles. The summed E-state index contributed by atoms with van der Waals surface area (Å²) in [7, 11) is 0. The van der Waals surface area contributed by atoms with Crippen LogP contribution in [-0.2, 0) is 16.7 Å². The van der Waals surface area contributed by atoms with Gasteiger partial charge >= 0.3 is 0 Å². The Morgan fingerprint density at radius 3 is 2.80 bits per heavy atom. The molecule has 0 amide bonds. The molecule has 1 aromatic rings. The van der Waals surface area contributed by atoms with E-state index >= 15 is 0 Å². The van der Waals surface area contributed by atoms with Gasteiger partial charge in [0, 0.05) is 42.5 Å². The van der Waals surface area contributed by atoms with E-state index in [2.05, 4.69) is 48.7 Å². The van der Waals surface area contributed by atoms with Crippen LogP contribution in [0.5, 0.6) is 0 Å². The maximum atomic E-state index is 9.34. The Kier molecular flexibility index (Phi) is 7.22. The van der Waals surface area contributed by atoms with Crippen LogP contribution in [0.2, 0.25) is 0 Å². The number of aliphatic imine (C=N–C) groups is 1. The second-order valence-electron chi connectivity index (χ2n) is 7.72. The average Bonchev–Trinajstić information content (AvgIpc) is 3.20. The molecule has 1 saturated heterocycles. The third-order valence-electron chi connectivity index (χ3n) is 4.39. The maximum Gasteiger partial charge on any atom is 0.191 e. The minimum absolute atomic E-state index is 0.00494. The molecule has 0 aromatic carbocycles. The molecule has 1 unspecified atom stereocenters. The van der Waals surface area contributed by atoms with Gasteiger partial charge in [0.05, 0.1) is 23.9 Å². The van der Waals surface area contributed by atoms with Crippen LogP contribution in [0.4, 0.5) is 0 Å². The van der Waals surface area contributed by atoms with Gasteiger partial charge in [-0.15, -0.1) is 11.3 Å². The van der Waals surface area contributed by atoms with Crippen molar-refractivity contribution < 1.29 is 9.84 Å². The van der Waals surface area contributed by atoms with Gasteiger partial charge < -0.3 is 20.5 Å². The topological polar surface area (TPSA) is 78.8 Å². The van der Waals surface area contributed by atoms with E-state index in [0.29, 0.717) is 13.2 Å². The summed E-state index contributed by atoms with van der Waals surface area (Å²) in [5.74, 6) is 0.789. The number of hydrogen-bond acceptors (Lipinski definition) is 5. The quantitative estimate of drug-likeness (QED) is 0.508. The number of thiazole rings is 1. The van der Waals surface area contributed by atoms with E-state index in [4.69, 9.17) is 9.72 Å². The van der Waals surface area contributed by atoms with Crippen LogP contribution in [0.25, 0.3) is 0 Å². The van der Waals surface area contributed by atoms with Gasteiger partial charge in [-0.25, -0.2) is 9.98 Å². The number of aliphatic hydroxyl groups excluding tert-OH is 1. The van der Waals surface area contributed by atoms with E-state index in [0.717, 1.165) is 49.2 Å². The van der Waals surface area contributed by atoms with Gasteiger partial charge in [-0.05, 0) is 19.8 Å². The second-order valence-corrected chi connectivity index (χ2v) is 8.58. The Bertz CT molecular complexity index is 560. The molecule has 25 heavy (non-hydrogen) atoms. The lowest BCUT2D eigenvalue weighted by Crippen LogP contribution is -2.44. The summed E-state index contributed by atoms with van der Waals surface area (Å²) in [6, 6.07) is 0. The standard InChI is InChI=1S/C18H32N4O2S/c1-5-19-16(21-12-18(6-8-23)7-9-24-13-18)20-10-14-11-25-15(22-14)17(2,3)4/h11,23H,5-10,12-13H2,1-4H3,(H2,19,20,21). The highest BCUT2D eigenvalue weighted by molar-refractivity contribution is 7.09. The van der Waals surface area contributed by atoms with Gasteiger partial charge in [-0.3, -0.25) is 0 Å². The van der Waals surface area contributed by atoms with Gasteiger partial charge in [0.25, 0.3) is 0 Å². The van der Waals surface area contributed by atoms with Crippen molar-refractivity contribution in [3.8, 4) is 0 Å². The summed E-state index contributed by atoms with van der Waals surface area (Å²) in [5, 5.41) is 19.3. The molecule has 1 aromatic heterocycles. The molecule has 1 aliphatic rings. The van der Waals surface area contributed by atoms with Crippen LogP contribution in [0, 0.1) is 5.41 Å². The van der Waals surface area contributed by atoms with Gasteiger partial charge in [0.1, 0.15) is 0 Å². The average molecular weight is 369 g/mol. The van der Waals surface area contributed by atoms with Crippen molar-refractivity contribution in [2.75, 3.05) is 32.9 Å². The molecule has 142 valence electrons. The lowest BCUT2D eigenvalue weighted by molar-refractivity contribution is 0.127. The molecule has 2 rings (SSSR count). The molecule has 0 radical (unpaired) electrons. The molecule has 1 aliphatic heterocycles. The van der Waals surface area contributed by atoms with E-state index < -0.39 is 0 Å². The van der Waals surface area contributed by atoms with E-state index in [1.807, 2.05) is 0 Å². The van der Waals surface area contributed by atoms with E-state index in [9.17, 15) is 5.11 Å². The number of rotatable bonds is 7. The van der Waals surface area contributed by atoms with E-state index in [1.165, 1.54) is 0 Å². The number of nitrogens with zero attached hydrogens (tertiary/aromatic N) is 2. The fourth-order valence-electron chi connectivity index (χ4n) is 2.81. The van der Waals surface area contributed by atoms with Crippen molar-refractivity contribution in [3.05, 3.63) is 16.1 Å². The van der Waals surface area contributed by atoms with E-state index in [1.54, 1.807) is 11.3 Å². The van der Waals surface area contributed by atoms with Crippen LogP contribution in [-0.4, -0.2) is 49.0 Å². The lowest BCUT2D eigenvalue weighted by Gasteiger charge is -2.27. The SMILES string of the molecule is CCNC(=NCc1csc(C(C)(C)C)n1)NCC1(CCO)CCOC1. The maximum absolute atomic E-state index is 9.34. The number of ether oxygens (including phenoxy) is 1. The highest BCUT2D eigenvalue weighted by Crippen LogP contribution is 2.31. The van der Waals surface area contributed by atoms with Crippen molar-refractivity contribution in [1.29, 1.82) is 0 Å². The fraction of sp³-hybridized carbons (Fsp3) is 0.778. The van der Waals surface area contributed by atoms with Crippen LogP contribution in [0.1, 0.15) is 51.2 Å². The van der Waals surface area contributed by atoms with Crippen molar-refractivity contribution in [2.24, 2.45) is 10.4 Å². The monoisotopic (exact) mass is 368 g/mol. The van der Waals surface area contributed by atoms with E-state index in [-0.39, 0.29) is 17.4 Å². The van der Waals surface area contributed by atoms with Crippen LogP contribution in [0.3, 0.4) is 0 Å². The summed E-state index contributed by atoms with van der Waals surface area (Å²) >= 11 is 1.70. The fourth-order valence-corrected chi connectivity index (χ4v) is 3.71. The summed E-state index contributed by atoms with van der Waals surface area (Å²) in [4.78, 5) is 9.36. The van der Waals surface area contributed by atoms with Gasteiger partial charge in [-0.2, -0.15) is 0 Å². The molecule has 0 bridgehead atoms. The molecular weight excluding hydrogens is 336 g/mol. The minimum atomic E-state index is 0.00494. The smallest absolute Gasteiger partial charge is 0.191 e. The molecule has 1 atom stereocenters. The Labute approximate surface area is 155 Å². The predicted molar refractivity (Wildman–Crippen MR) is 103 cm³/mol. The Balaban J connectivity index is 1.97. The number of nitrogens with one attached hydrogen (secondary N) is 2. The molecule has 6 nitrogen and oxygen atoms in total. The zero-order chi connectivity index (χ0) is 18.3. The molecule has 2 heterocycles. The highest BCUT2D eigenvalue weighted by atomic mass is 32.1. The van der Waals surface area contributed by atoms with Crippen LogP contribution >= 0.6 is 11.3 Å². The van der Waals surface area contributed by atoms with Crippen LogP contribution < -0.4 is 10.6 Å². The first-order valence-corrected chi connectivity index (χ1v) is 9.92. The minimum Gasteiger partial charge on any atom is -0.396 e. The van der Waals surface area contributed by atoms with Gasteiger partial charge in [0.2, 0.25) is 0 Å². The van der Waals surface area contributed by atoms with Crippen molar-refractivity contribution in [2.45, 2.75) is 52.5 Å². The molecular formula is C18H32N4O2S. The van der Waals surface area contributed by atoms with Crippen LogP contribution in [0.15, 0.2) is 10.4 Å². The zero-order valence-corrected chi connectivity index (χ0v) is 16.7. The summed E-state index contributed by atoms with van der Waals surface area (Å²) in [6.45, 7) is 12.4. The number of aliphatic hydroxyl groups is 1. The molecule has 0 saturated carbocycles. The van der Waals surface area contributed by atoms with Gasteiger partial charge in [-0.1, -0.05) is 20.8 Å². The predicted octanol–water partition coefficient (Wildman–Crippen LogP) is 2.28. The summed E-state index contributed by atoms with van der Waals surface area (Å²) in [5.41, 5.74) is 1.08. The zero-order valence-electron chi connectivity index (χ0n) is 15.9. The molecule has 1 fully saturated rings. The summed E-state index contributed by atoms with van der Waals surface area (Å²) in [6.07, 6.45) is 1.72. The first-order valence-electron chi connectivity index (χ1n) is 9.04. The summed E-state index contributed by atoms with van der Waals surface area (Å²) < 4.78 is 5.55. The lowest BCUT2D eigenvalue weighted by atomic mass is 9.84.